The van der Waals surface area contributed by atoms with E-state index in [1.54, 1.807) is 12.1 Å². The zero-order valence-electron chi connectivity index (χ0n) is 21.7. The van der Waals surface area contributed by atoms with Crippen molar-refractivity contribution in [2.45, 2.75) is 82.1 Å². The number of benzene rings is 2. The van der Waals surface area contributed by atoms with Crippen LogP contribution in [0.5, 0.6) is 11.5 Å². The fourth-order valence-electron chi connectivity index (χ4n) is 5.45. The first-order valence-corrected chi connectivity index (χ1v) is 13.4. The van der Waals surface area contributed by atoms with Gasteiger partial charge in [-0.2, -0.15) is 0 Å². The molecule has 206 valence electrons. The third-order valence-corrected chi connectivity index (χ3v) is 8.22. The number of aryl methyl sites for hydroxylation is 1. The second kappa shape index (κ2) is 10.9. The smallest absolute Gasteiger partial charge is 0.258 e. The van der Waals surface area contributed by atoms with Crippen molar-refractivity contribution in [2.24, 2.45) is 0 Å². The van der Waals surface area contributed by atoms with Gasteiger partial charge in [-0.05, 0) is 88.8 Å². The quantitative estimate of drug-likeness (QED) is 0.391. The average molecular weight is 567 g/mol. The largest absolute Gasteiger partial charge is 0.487 e. The summed E-state index contributed by atoms with van der Waals surface area (Å²) in [5, 5.41) is 17.7. The van der Waals surface area contributed by atoms with E-state index in [4.69, 9.17) is 32.7 Å². The zero-order valence-corrected chi connectivity index (χ0v) is 23.2. The number of carbonyl (C=O) groups excluding carboxylic acids is 2. The maximum atomic E-state index is 13.6. The van der Waals surface area contributed by atoms with Gasteiger partial charge in [0.15, 0.2) is 6.61 Å². The lowest BCUT2D eigenvalue weighted by Gasteiger charge is -2.56. The molecule has 0 unspecified atom stereocenters. The van der Waals surface area contributed by atoms with Crippen molar-refractivity contribution in [3.8, 4) is 11.5 Å². The van der Waals surface area contributed by atoms with Crippen molar-refractivity contribution in [1.29, 1.82) is 0 Å². The molecule has 2 amide bonds. The number of nitrogens with one attached hydrogen (secondary N) is 2. The highest BCUT2D eigenvalue weighted by Crippen LogP contribution is 2.47. The van der Waals surface area contributed by atoms with Gasteiger partial charge in [-0.25, -0.2) is 4.39 Å². The number of aliphatic hydroxyl groups is 1. The van der Waals surface area contributed by atoms with Crippen LogP contribution in [0, 0.1) is 12.7 Å². The van der Waals surface area contributed by atoms with Gasteiger partial charge in [0.1, 0.15) is 22.9 Å². The summed E-state index contributed by atoms with van der Waals surface area (Å²) in [4.78, 5) is 25.6. The SMILES string of the molecule is Cc1cc(OC(C)(C)CC(=O)NC23CCC(NC(=O)COc4ccc(Cl)c(F)c4)(CC2)C[C@@H]3O)ccc1Cl. The Labute approximate surface area is 232 Å². The molecule has 38 heavy (non-hydrogen) atoms. The summed E-state index contributed by atoms with van der Waals surface area (Å²) in [6, 6.07) is 9.34. The first-order valence-electron chi connectivity index (χ1n) is 12.6. The van der Waals surface area contributed by atoms with Crippen LogP contribution in [0.25, 0.3) is 0 Å². The first-order chi connectivity index (χ1) is 17.8. The van der Waals surface area contributed by atoms with Crippen molar-refractivity contribution in [2.75, 3.05) is 6.61 Å². The number of carbonyl (C=O) groups is 2. The van der Waals surface area contributed by atoms with Crippen LogP contribution in [0.3, 0.4) is 0 Å². The van der Waals surface area contributed by atoms with E-state index in [1.807, 2.05) is 26.8 Å². The third-order valence-electron chi connectivity index (χ3n) is 7.49. The van der Waals surface area contributed by atoms with Crippen molar-refractivity contribution >= 4 is 35.0 Å². The molecule has 7 nitrogen and oxygen atoms in total. The van der Waals surface area contributed by atoms with Crippen LogP contribution >= 0.6 is 23.2 Å². The van der Waals surface area contributed by atoms with E-state index >= 15 is 0 Å². The van der Waals surface area contributed by atoms with Gasteiger partial charge in [0, 0.05) is 16.6 Å². The van der Waals surface area contributed by atoms with E-state index in [0.29, 0.717) is 42.9 Å². The lowest BCUT2D eigenvalue weighted by atomic mass is 9.59. The molecule has 3 saturated carbocycles. The van der Waals surface area contributed by atoms with Crippen molar-refractivity contribution in [3.63, 3.8) is 0 Å². The highest BCUT2D eigenvalue weighted by Gasteiger charge is 2.55. The Bertz CT molecular complexity index is 1210. The molecule has 3 aliphatic rings. The second-order valence-electron chi connectivity index (χ2n) is 11.1. The molecule has 0 heterocycles. The molecule has 2 aromatic carbocycles. The molecule has 0 saturated heterocycles. The lowest BCUT2D eigenvalue weighted by molar-refractivity contribution is -0.137. The molecule has 2 aromatic rings. The van der Waals surface area contributed by atoms with Crippen LogP contribution in [0.15, 0.2) is 36.4 Å². The number of ether oxygens (including phenoxy) is 2. The van der Waals surface area contributed by atoms with Crippen LogP contribution in [0.2, 0.25) is 10.0 Å². The van der Waals surface area contributed by atoms with E-state index in [-0.39, 0.29) is 35.6 Å². The molecule has 0 radical (unpaired) electrons. The van der Waals surface area contributed by atoms with Gasteiger partial charge in [0.25, 0.3) is 5.91 Å². The van der Waals surface area contributed by atoms with Gasteiger partial charge in [-0.3, -0.25) is 9.59 Å². The minimum Gasteiger partial charge on any atom is -0.487 e. The van der Waals surface area contributed by atoms with Crippen LogP contribution in [0.4, 0.5) is 4.39 Å². The third kappa shape index (κ3) is 6.53. The summed E-state index contributed by atoms with van der Waals surface area (Å²) in [7, 11) is 0. The molecule has 0 aliphatic heterocycles. The Hall–Kier alpha value is -2.55. The predicted molar refractivity (Wildman–Crippen MR) is 143 cm³/mol. The summed E-state index contributed by atoms with van der Waals surface area (Å²) >= 11 is 11.8. The normalized spacial score (nSPS) is 24.6. The summed E-state index contributed by atoms with van der Waals surface area (Å²) < 4.78 is 25.1. The van der Waals surface area contributed by atoms with Crippen LogP contribution in [0.1, 0.15) is 57.9 Å². The maximum absolute atomic E-state index is 13.6. The first kappa shape index (κ1) is 28.5. The predicted octanol–water partition coefficient (Wildman–Crippen LogP) is 5.12. The van der Waals surface area contributed by atoms with Crippen LogP contribution < -0.4 is 20.1 Å². The Morgan fingerprint density at radius 1 is 1.03 bits per heavy atom. The number of amides is 2. The fourth-order valence-corrected chi connectivity index (χ4v) is 5.69. The van der Waals surface area contributed by atoms with E-state index in [0.717, 1.165) is 11.6 Å². The Kier molecular flexibility index (Phi) is 8.17. The molecular formula is C28H33Cl2FN2O5. The minimum atomic E-state index is -0.816. The minimum absolute atomic E-state index is 0.0256. The number of rotatable bonds is 9. The van der Waals surface area contributed by atoms with Gasteiger partial charge in [0.05, 0.1) is 23.1 Å². The number of fused-ring (bicyclic) bond motifs is 3. The van der Waals surface area contributed by atoms with Crippen LogP contribution in [-0.4, -0.2) is 46.3 Å². The van der Waals surface area contributed by atoms with Crippen molar-refractivity contribution in [3.05, 3.63) is 57.8 Å². The van der Waals surface area contributed by atoms with Crippen molar-refractivity contribution in [1.82, 2.24) is 10.6 Å². The Balaban J connectivity index is 1.30. The molecule has 0 spiro atoms. The molecule has 3 aliphatic carbocycles. The highest BCUT2D eigenvalue weighted by molar-refractivity contribution is 6.31. The summed E-state index contributed by atoms with van der Waals surface area (Å²) in [6.07, 6.45) is 1.88. The van der Waals surface area contributed by atoms with Gasteiger partial charge < -0.3 is 25.2 Å². The molecular weight excluding hydrogens is 534 g/mol. The zero-order chi connectivity index (χ0) is 27.7. The second-order valence-corrected chi connectivity index (χ2v) is 11.9. The van der Waals surface area contributed by atoms with Gasteiger partial charge in [-0.1, -0.05) is 23.2 Å². The summed E-state index contributed by atoms with van der Waals surface area (Å²) in [5.41, 5.74) is -1.21. The van der Waals surface area contributed by atoms with Gasteiger partial charge in [0.2, 0.25) is 5.91 Å². The number of hydrogen-bond acceptors (Lipinski definition) is 5. The fraction of sp³-hybridized carbons (Fsp3) is 0.500. The average Bonchev–Trinajstić information content (AvgIpc) is 2.82. The molecule has 10 heteroatoms. The number of halogens is 3. The maximum Gasteiger partial charge on any atom is 0.258 e. The van der Waals surface area contributed by atoms with E-state index in [1.165, 1.54) is 12.1 Å². The standard InChI is InChI=1S/C28H33Cl2FN2O5/c1-17-12-19(5-6-20(17)29)38-26(2,3)15-24(35)33-28-10-8-27(9-11-28,14-23(28)34)32-25(36)16-37-18-4-7-21(30)22(31)13-18/h4-7,12-13,23,34H,8-11,14-16H2,1-3H3,(H,32,36)(H,33,35)/t23-,27?,28?/m0/s1. The molecule has 3 fully saturated rings. The van der Waals surface area contributed by atoms with Crippen molar-refractivity contribution < 1.29 is 28.6 Å². The molecule has 1 atom stereocenters. The summed E-state index contributed by atoms with van der Waals surface area (Å²) in [5.74, 6) is -0.362. The molecule has 5 rings (SSSR count). The topological polar surface area (TPSA) is 96.9 Å². The van der Waals surface area contributed by atoms with Gasteiger partial charge >= 0.3 is 0 Å². The Morgan fingerprint density at radius 2 is 1.68 bits per heavy atom. The van der Waals surface area contributed by atoms with E-state index < -0.39 is 28.6 Å². The Morgan fingerprint density at radius 3 is 2.32 bits per heavy atom. The summed E-state index contributed by atoms with van der Waals surface area (Å²) in [6.45, 7) is 5.28. The molecule has 3 N–H and O–H groups in total. The van der Waals surface area contributed by atoms with Crippen LogP contribution in [-0.2, 0) is 9.59 Å². The highest BCUT2D eigenvalue weighted by atomic mass is 35.5. The molecule has 0 aromatic heterocycles. The monoisotopic (exact) mass is 566 g/mol. The van der Waals surface area contributed by atoms with Gasteiger partial charge in [-0.15, -0.1) is 0 Å². The lowest BCUT2D eigenvalue weighted by Crippen LogP contribution is -2.70. The number of hydrogen-bond donors (Lipinski definition) is 3. The number of aliphatic hydroxyl groups excluding tert-OH is 1. The molecule has 2 bridgehead atoms. The van der Waals surface area contributed by atoms with E-state index in [2.05, 4.69) is 10.6 Å². The van der Waals surface area contributed by atoms with E-state index in [9.17, 15) is 19.1 Å².